The van der Waals surface area contributed by atoms with Crippen LogP contribution < -0.4 is 0 Å². The van der Waals surface area contributed by atoms with Crippen molar-refractivity contribution in [2.75, 3.05) is 13.2 Å². The molecule has 7 nitrogen and oxygen atoms in total. The van der Waals surface area contributed by atoms with Gasteiger partial charge in [-0.1, -0.05) is 26.7 Å². The van der Waals surface area contributed by atoms with Crippen molar-refractivity contribution < 1.29 is 19.1 Å². The summed E-state index contributed by atoms with van der Waals surface area (Å²) in [5, 5.41) is 4.04. The van der Waals surface area contributed by atoms with E-state index in [1.807, 2.05) is 17.5 Å². The second-order valence-corrected chi connectivity index (χ2v) is 10.9. The zero-order valence-corrected chi connectivity index (χ0v) is 24.1. The summed E-state index contributed by atoms with van der Waals surface area (Å²) < 4.78 is 16.1. The molecule has 0 bridgehead atoms. The molecule has 4 aromatic rings. The molecule has 4 heterocycles. The van der Waals surface area contributed by atoms with E-state index < -0.39 is 0 Å². The number of ether oxygens (including phenoxy) is 2. The summed E-state index contributed by atoms with van der Waals surface area (Å²) in [7, 11) is 4.34. The van der Waals surface area contributed by atoms with Gasteiger partial charge >= 0.3 is 36.7 Å². The quantitative estimate of drug-likeness (QED) is 0.0969. The third-order valence-corrected chi connectivity index (χ3v) is 7.05. The van der Waals surface area contributed by atoms with Crippen LogP contribution in [0.25, 0.3) is 20.2 Å². The summed E-state index contributed by atoms with van der Waals surface area (Å²) in [4.78, 5) is 31.5. The summed E-state index contributed by atoms with van der Waals surface area (Å²) in [6.07, 6.45) is 7.24. The minimum absolute atomic E-state index is 0.332. The van der Waals surface area contributed by atoms with Gasteiger partial charge in [-0.2, -0.15) is 0 Å². The summed E-state index contributed by atoms with van der Waals surface area (Å²) in [6, 6.07) is 7.50. The molecule has 1 radical (unpaired) electrons. The molecule has 36 heavy (non-hydrogen) atoms. The van der Waals surface area contributed by atoms with Crippen molar-refractivity contribution in [3.8, 4) is 0 Å². The van der Waals surface area contributed by atoms with E-state index in [9.17, 15) is 9.59 Å². The Labute approximate surface area is 233 Å². The van der Waals surface area contributed by atoms with Crippen molar-refractivity contribution in [2.45, 2.75) is 39.5 Å². The van der Waals surface area contributed by atoms with E-state index in [0.29, 0.717) is 24.6 Å². The van der Waals surface area contributed by atoms with Gasteiger partial charge < -0.3 is 9.47 Å². The Hall–Kier alpha value is -2.15. The fourth-order valence-electron chi connectivity index (χ4n) is 2.77. The molecule has 0 unspecified atom stereocenters. The van der Waals surface area contributed by atoms with E-state index in [0.717, 1.165) is 49.6 Å². The molecular formula is C24H26BBrN3O4S3. The minimum atomic E-state index is -0.345. The van der Waals surface area contributed by atoms with E-state index in [2.05, 4.69) is 64.5 Å². The number of thiol groups is 1. The van der Waals surface area contributed by atoms with Crippen LogP contribution >= 0.6 is 51.4 Å². The van der Waals surface area contributed by atoms with Gasteiger partial charge in [0.05, 0.1) is 26.4 Å². The van der Waals surface area contributed by atoms with Crippen molar-refractivity contribution in [1.29, 1.82) is 0 Å². The third kappa shape index (κ3) is 9.72. The molecule has 0 saturated heterocycles. The normalized spacial score (nSPS) is 10.1. The number of carbonyl (C=O) groups excluding carboxylic acids is 2. The van der Waals surface area contributed by atoms with Gasteiger partial charge in [0, 0.05) is 12.4 Å². The number of thiophene rings is 2. The van der Waals surface area contributed by atoms with E-state index in [1.54, 1.807) is 47.2 Å². The molecule has 0 N–H and O–H groups in total. The first-order valence-electron chi connectivity index (χ1n) is 11.2. The number of halogens is 1. The van der Waals surface area contributed by atoms with Crippen molar-refractivity contribution in [3.63, 3.8) is 0 Å². The number of carbonyl (C=O) groups is 2. The van der Waals surface area contributed by atoms with E-state index in [4.69, 9.17) is 9.47 Å². The van der Waals surface area contributed by atoms with Crippen LogP contribution in [0, 0.1) is 0 Å². The number of hydrogen-bond acceptors (Lipinski definition) is 10. The molecule has 0 spiro atoms. The Kier molecular flexibility index (Phi) is 13.8. The molecule has 0 saturated carbocycles. The predicted octanol–water partition coefficient (Wildman–Crippen LogP) is 7.45. The molecule has 0 aromatic carbocycles. The molecule has 0 amide bonds. The van der Waals surface area contributed by atoms with Crippen LogP contribution in [0.1, 0.15) is 60.5 Å². The van der Waals surface area contributed by atoms with Crippen LogP contribution in [0.4, 0.5) is 0 Å². The van der Waals surface area contributed by atoms with Crippen LogP contribution in [-0.2, 0) is 9.47 Å². The third-order valence-electron chi connectivity index (χ3n) is 4.59. The van der Waals surface area contributed by atoms with Crippen molar-refractivity contribution in [2.24, 2.45) is 4.30 Å². The zero-order chi connectivity index (χ0) is 26.3. The van der Waals surface area contributed by atoms with Crippen LogP contribution in [-0.4, -0.2) is 42.8 Å². The van der Waals surface area contributed by atoms with Crippen molar-refractivity contribution >= 4 is 91.2 Å². The maximum atomic E-state index is 11.7. The Morgan fingerprint density at radius 2 is 1.50 bits per heavy atom. The topological polar surface area (TPSA) is 90.7 Å². The molecule has 0 aliphatic heterocycles. The summed E-state index contributed by atoms with van der Waals surface area (Å²) >= 11 is 9.81. The maximum absolute atomic E-state index is 11.7. The fraction of sp³-hybridized carbons (Fsp3) is 0.333. The molecule has 4 aromatic heterocycles. The first-order chi connectivity index (χ1) is 17.4. The van der Waals surface area contributed by atoms with Crippen LogP contribution in [0.15, 0.2) is 50.1 Å². The number of fused-ring (bicyclic) bond motifs is 2. The van der Waals surface area contributed by atoms with Gasteiger partial charge in [-0.25, -0.2) is 19.6 Å². The molecule has 4 rings (SSSR count). The van der Waals surface area contributed by atoms with Crippen molar-refractivity contribution in [3.05, 3.63) is 57.2 Å². The number of hydrogen-bond donors (Lipinski definition) is 1. The Morgan fingerprint density at radius 1 is 0.972 bits per heavy atom. The number of rotatable bonds is 8. The van der Waals surface area contributed by atoms with Crippen molar-refractivity contribution in [1.82, 2.24) is 9.97 Å². The first kappa shape index (κ1) is 30.1. The second-order valence-electron chi connectivity index (χ2n) is 7.28. The number of nitrogens with zero attached hydrogens (tertiary/aromatic N) is 3. The number of esters is 2. The monoisotopic (exact) mass is 606 g/mol. The average Bonchev–Trinajstić information content (AvgIpc) is 3.49. The van der Waals surface area contributed by atoms with Crippen LogP contribution in [0.3, 0.4) is 0 Å². The molecule has 0 aliphatic rings. The fourth-order valence-corrected chi connectivity index (χ4v) is 5.02. The van der Waals surface area contributed by atoms with E-state index >= 15 is 0 Å². The number of pyridine rings is 2. The molecular weight excluding hydrogens is 581 g/mol. The predicted molar refractivity (Wildman–Crippen MR) is 154 cm³/mol. The standard InChI is InChI=1S/C12H12BrNO2S.C12H13NO2S.BHNS/c1-2-3-4-16-12(15)9-5-8-6-11(13)17-10(8)7-14-9;1-2-3-5-15-12(14)10-7-9-4-6-16-11(9)8-13-10;1-2-3/h5-7H,2-4H2,1H3;4,6-8H,2-3,5H2,1H3;3H. The molecule has 189 valence electrons. The summed E-state index contributed by atoms with van der Waals surface area (Å²) in [5.41, 5.74) is 0.765. The first-order valence-corrected chi connectivity index (χ1v) is 14.1. The van der Waals surface area contributed by atoms with Crippen LogP contribution in [0.2, 0.25) is 0 Å². The van der Waals surface area contributed by atoms with Gasteiger partial charge in [0.1, 0.15) is 11.4 Å². The SMILES string of the molecule is CCCCOC(=O)c1cc2cc(Br)sc2cn1.CCCCOC(=O)c1cc2ccsc2cn1.[B]=NS. The Bertz CT molecular complexity index is 1280. The van der Waals surface area contributed by atoms with Gasteiger partial charge in [0.15, 0.2) is 0 Å². The van der Waals surface area contributed by atoms with Gasteiger partial charge in [-0.3, -0.25) is 0 Å². The second kappa shape index (κ2) is 16.6. The average molecular weight is 607 g/mol. The zero-order valence-electron chi connectivity index (χ0n) is 20.0. The summed E-state index contributed by atoms with van der Waals surface area (Å²) in [5.74, 6) is -0.677. The van der Waals surface area contributed by atoms with Crippen LogP contribution in [0.5, 0.6) is 0 Å². The van der Waals surface area contributed by atoms with Gasteiger partial charge in [-0.15, -0.1) is 22.7 Å². The number of aromatic nitrogens is 2. The molecule has 0 fully saturated rings. The molecule has 0 aliphatic carbocycles. The molecule has 12 heteroatoms. The van der Waals surface area contributed by atoms with Gasteiger partial charge in [-0.05, 0) is 69.2 Å². The van der Waals surface area contributed by atoms with Gasteiger partial charge in [0.2, 0.25) is 0 Å². The van der Waals surface area contributed by atoms with E-state index in [1.165, 1.54) is 0 Å². The number of unbranched alkanes of at least 4 members (excludes halogenated alkanes) is 2. The Morgan fingerprint density at radius 3 is 2.06 bits per heavy atom. The van der Waals surface area contributed by atoms with E-state index in [-0.39, 0.29) is 11.9 Å². The Balaban J connectivity index is 0.000000229. The molecule has 0 atom stereocenters. The van der Waals surface area contributed by atoms with Gasteiger partial charge in [0.25, 0.3) is 0 Å². The summed E-state index contributed by atoms with van der Waals surface area (Å²) in [6.45, 7) is 5.05.